The number of benzene rings is 2. The summed E-state index contributed by atoms with van der Waals surface area (Å²) in [6.07, 6.45) is 1.60. The van der Waals surface area contributed by atoms with Crippen molar-refractivity contribution in [1.82, 2.24) is 4.98 Å². The summed E-state index contributed by atoms with van der Waals surface area (Å²) in [6.45, 7) is 2.78. The summed E-state index contributed by atoms with van der Waals surface area (Å²) in [7, 11) is 1.57. The molecule has 4 rings (SSSR count). The number of fused-ring (bicyclic) bond motifs is 1. The maximum atomic E-state index is 12.7. The van der Waals surface area contributed by atoms with E-state index in [0.717, 1.165) is 28.3 Å². The van der Waals surface area contributed by atoms with Gasteiger partial charge in [0.1, 0.15) is 11.4 Å². The van der Waals surface area contributed by atoms with Gasteiger partial charge in [-0.15, -0.1) is 0 Å². The summed E-state index contributed by atoms with van der Waals surface area (Å²) in [5, 5.41) is 6.17. The van der Waals surface area contributed by atoms with Crippen molar-refractivity contribution in [3.63, 3.8) is 0 Å². The molecule has 0 unspecified atom stereocenters. The van der Waals surface area contributed by atoms with E-state index < -0.39 is 0 Å². The van der Waals surface area contributed by atoms with E-state index in [1.54, 1.807) is 19.4 Å². The number of rotatable bonds is 6. The zero-order chi connectivity index (χ0) is 20.2. The number of carbonyl (C=O) groups excluding carboxylic acids is 1. The lowest BCUT2D eigenvalue weighted by atomic mass is 10.2. The fraction of sp³-hybridized carbons (Fsp3) is 0.182. The maximum absolute atomic E-state index is 12.7. The summed E-state index contributed by atoms with van der Waals surface area (Å²) in [5.41, 5.74) is 3.77. The predicted molar refractivity (Wildman–Crippen MR) is 110 cm³/mol. The van der Waals surface area contributed by atoms with Crippen LogP contribution < -0.4 is 24.8 Å². The van der Waals surface area contributed by atoms with Crippen LogP contribution >= 0.6 is 0 Å². The third kappa shape index (κ3) is 4.24. The Balaban J connectivity index is 1.44. The zero-order valence-corrected chi connectivity index (χ0v) is 16.2. The first-order valence-electron chi connectivity index (χ1n) is 9.17. The van der Waals surface area contributed by atoms with Gasteiger partial charge in [-0.05, 0) is 54.4 Å². The highest BCUT2D eigenvalue weighted by molar-refractivity contribution is 6.04. The van der Waals surface area contributed by atoms with Crippen LogP contribution in [0, 0.1) is 6.92 Å². The lowest BCUT2D eigenvalue weighted by Gasteiger charge is -2.12. The van der Waals surface area contributed by atoms with Crippen LogP contribution in [0.25, 0.3) is 0 Å². The minimum absolute atomic E-state index is 0.251. The van der Waals surface area contributed by atoms with E-state index in [1.807, 2.05) is 49.4 Å². The van der Waals surface area contributed by atoms with E-state index in [9.17, 15) is 4.79 Å². The molecule has 1 aromatic heterocycles. The lowest BCUT2D eigenvalue weighted by Crippen LogP contribution is -2.15. The number of aryl methyl sites for hydroxylation is 1. The molecule has 1 aliphatic heterocycles. The highest BCUT2D eigenvalue weighted by Crippen LogP contribution is 2.32. The third-order valence-electron chi connectivity index (χ3n) is 4.53. The van der Waals surface area contributed by atoms with Crippen LogP contribution in [0.1, 0.15) is 21.6 Å². The van der Waals surface area contributed by atoms with Crippen molar-refractivity contribution in [3.8, 4) is 17.2 Å². The van der Waals surface area contributed by atoms with Gasteiger partial charge in [-0.3, -0.25) is 9.78 Å². The van der Waals surface area contributed by atoms with Gasteiger partial charge < -0.3 is 24.8 Å². The molecule has 7 nitrogen and oxygen atoms in total. The van der Waals surface area contributed by atoms with Gasteiger partial charge in [-0.1, -0.05) is 12.1 Å². The Hall–Kier alpha value is -3.74. The normalized spacial score (nSPS) is 11.8. The molecule has 148 valence electrons. The Morgan fingerprint density at radius 1 is 1.10 bits per heavy atom. The maximum Gasteiger partial charge on any atom is 0.274 e. The van der Waals surface area contributed by atoms with Crippen molar-refractivity contribution in [3.05, 3.63) is 71.5 Å². The van der Waals surface area contributed by atoms with E-state index >= 15 is 0 Å². The number of methoxy groups -OCH3 is 1. The molecule has 0 spiro atoms. The lowest BCUT2D eigenvalue weighted by molar-refractivity contribution is 0.102. The van der Waals surface area contributed by atoms with Gasteiger partial charge in [0.15, 0.2) is 11.5 Å². The molecule has 0 radical (unpaired) electrons. The SMILES string of the molecule is COc1ccc(C)cc1NC(=O)c1cc(NCc2ccc3c(c2)OCO3)ccn1. The number of hydrogen-bond donors (Lipinski definition) is 2. The molecule has 2 N–H and O–H groups in total. The molecular weight excluding hydrogens is 370 g/mol. The number of amides is 1. The second kappa shape index (κ2) is 8.10. The molecule has 1 aliphatic rings. The van der Waals surface area contributed by atoms with Gasteiger partial charge in [0.2, 0.25) is 6.79 Å². The molecule has 3 aromatic rings. The number of ether oxygens (including phenoxy) is 3. The van der Waals surface area contributed by atoms with Gasteiger partial charge in [0, 0.05) is 18.4 Å². The number of anilines is 2. The molecular formula is C22H21N3O4. The fourth-order valence-electron chi connectivity index (χ4n) is 3.03. The van der Waals surface area contributed by atoms with Crippen molar-refractivity contribution in [1.29, 1.82) is 0 Å². The van der Waals surface area contributed by atoms with E-state index in [4.69, 9.17) is 14.2 Å². The average Bonchev–Trinajstić information content (AvgIpc) is 3.20. The third-order valence-corrected chi connectivity index (χ3v) is 4.53. The van der Waals surface area contributed by atoms with Gasteiger partial charge in [0.25, 0.3) is 5.91 Å². The molecule has 0 saturated carbocycles. The summed E-state index contributed by atoms with van der Waals surface area (Å²) < 4.78 is 16.0. The van der Waals surface area contributed by atoms with Crippen molar-refractivity contribution in [2.45, 2.75) is 13.5 Å². The predicted octanol–water partition coefficient (Wildman–Crippen LogP) is 3.99. The largest absolute Gasteiger partial charge is 0.495 e. The summed E-state index contributed by atoms with van der Waals surface area (Å²) >= 11 is 0. The summed E-state index contributed by atoms with van der Waals surface area (Å²) in [5.74, 6) is 1.79. The van der Waals surface area contributed by atoms with Gasteiger partial charge in [-0.25, -0.2) is 0 Å². The number of hydrogen-bond acceptors (Lipinski definition) is 6. The van der Waals surface area contributed by atoms with E-state index in [0.29, 0.717) is 23.7 Å². The molecule has 29 heavy (non-hydrogen) atoms. The number of aromatic nitrogens is 1. The van der Waals surface area contributed by atoms with Crippen molar-refractivity contribution in [2.75, 3.05) is 24.5 Å². The number of pyridine rings is 1. The molecule has 1 amide bonds. The first-order valence-corrected chi connectivity index (χ1v) is 9.17. The highest BCUT2D eigenvalue weighted by Gasteiger charge is 2.14. The minimum Gasteiger partial charge on any atom is -0.495 e. The molecule has 0 saturated heterocycles. The van der Waals surface area contributed by atoms with Crippen LogP contribution in [-0.2, 0) is 6.54 Å². The van der Waals surface area contributed by atoms with Gasteiger partial charge >= 0.3 is 0 Å². The van der Waals surface area contributed by atoms with Crippen LogP contribution in [0.4, 0.5) is 11.4 Å². The van der Waals surface area contributed by atoms with E-state index in [1.165, 1.54) is 0 Å². The molecule has 2 aromatic carbocycles. The van der Waals surface area contributed by atoms with Crippen LogP contribution in [0.2, 0.25) is 0 Å². The van der Waals surface area contributed by atoms with Crippen molar-refractivity contribution in [2.24, 2.45) is 0 Å². The standard InChI is InChI=1S/C22H21N3O4/c1-14-3-5-19(27-2)17(9-14)25-22(26)18-11-16(7-8-23-18)24-12-15-4-6-20-21(10-15)29-13-28-20/h3-11H,12-13H2,1-2H3,(H,23,24)(H,25,26). The molecule has 0 aliphatic carbocycles. The summed E-state index contributed by atoms with van der Waals surface area (Å²) in [4.78, 5) is 16.8. The van der Waals surface area contributed by atoms with Crippen molar-refractivity contribution < 1.29 is 19.0 Å². The molecule has 2 heterocycles. The molecule has 7 heteroatoms. The van der Waals surface area contributed by atoms with Gasteiger partial charge in [-0.2, -0.15) is 0 Å². The van der Waals surface area contributed by atoms with Crippen LogP contribution in [0.5, 0.6) is 17.2 Å². The second-order valence-electron chi connectivity index (χ2n) is 6.63. The van der Waals surface area contributed by atoms with Crippen LogP contribution in [0.15, 0.2) is 54.7 Å². The topological polar surface area (TPSA) is 81.7 Å². The highest BCUT2D eigenvalue weighted by atomic mass is 16.7. The Kier molecular flexibility index (Phi) is 5.20. The first-order chi connectivity index (χ1) is 14.1. The fourth-order valence-corrected chi connectivity index (χ4v) is 3.03. The smallest absolute Gasteiger partial charge is 0.274 e. The first kappa shape index (κ1) is 18.6. The number of carbonyl (C=O) groups is 1. The Labute approximate surface area is 168 Å². The van der Waals surface area contributed by atoms with E-state index in [-0.39, 0.29) is 12.7 Å². The Bertz CT molecular complexity index is 1050. The summed E-state index contributed by atoms with van der Waals surface area (Å²) in [6, 6.07) is 14.9. The Morgan fingerprint density at radius 2 is 1.97 bits per heavy atom. The van der Waals surface area contributed by atoms with Crippen molar-refractivity contribution >= 4 is 17.3 Å². The number of nitrogens with one attached hydrogen (secondary N) is 2. The second-order valence-corrected chi connectivity index (χ2v) is 6.63. The quantitative estimate of drug-likeness (QED) is 0.661. The Morgan fingerprint density at radius 3 is 2.83 bits per heavy atom. The molecule has 0 fully saturated rings. The molecule has 0 bridgehead atoms. The monoisotopic (exact) mass is 391 g/mol. The van der Waals surface area contributed by atoms with E-state index in [2.05, 4.69) is 15.6 Å². The number of nitrogens with zero attached hydrogens (tertiary/aromatic N) is 1. The average molecular weight is 391 g/mol. The van der Waals surface area contributed by atoms with Crippen LogP contribution in [-0.4, -0.2) is 24.8 Å². The van der Waals surface area contributed by atoms with Crippen LogP contribution in [0.3, 0.4) is 0 Å². The molecule has 0 atom stereocenters. The zero-order valence-electron chi connectivity index (χ0n) is 16.2. The minimum atomic E-state index is -0.305. The van der Waals surface area contributed by atoms with Gasteiger partial charge in [0.05, 0.1) is 12.8 Å².